The second-order valence-electron chi connectivity index (χ2n) is 7.01. The standard InChI is InChI=1S/C22H19F2N3O3S/c23-15-7-5-14(6-8-15)19-12-27(9-10-30-19)20(28)11-16-13-31-22(25-16)26-21(29)17-3-1-2-4-18(17)24/h1-8,13,19H,9-12H2,(H,25,26,29). The van der Waals surface area contributed by atoms with Gasteiger partial charge in [-0.15, -0.1) is 11.3 Å². The number of hydrogen-bond acceptors (Lipinski definition) is 5. The summed E-state index contributed by atoms with van der Waals surface area (Å²) >= 11 is 1.17. The lowest BCUT2D eigenvalue weighted by Gasteiger charge is -2.33. The normalized spacial score (nSPS) is 16.2. The first-order valence-corrected chi connectivity index (χ1v) is 10.5. The molecule has 31 heavy (non-hydrogen) atoms. The molecule has 0 spiro atoms. The van der Waals surface area contributed by atoms with Crippen LogP contribution < -0.4 is 5.32 Å². The largest absolute Gasteiger partial charge is 0.370 e. The zero-order valence-corrected chi connectivity index (χ0v) is 17.2. The Morgan fingerprint density at radius 3 is 2.71 bits per heavy atom. The fraction of sp³-hybridized carbons (Fsp3) is 0.227. The predicted molar refractivity (Wildman–Crippen MR) is 112 cm³/mol. The third-order valence-electron chi connectivity index (χ3n) is 4.88. The monoisotopic (exact) mass is 443 g/mol. The number of carbonyl (C=O) groups is 2. The lowest BCUT2D eigenvalue weighted by Crippen LogP contribution is -2.43. The van der Waals surface area contributed by atoms with Crippen LogP contribution in [-0.2, 0) is 16.0 Å². The smallest absolute Gasteiger partial charge is 0.260 e. The number of hydrogen-bond donors (Lipinski definition) is 1. The van der Waals surface area contributed by atoms with Gasteiger partial charge in [0, 0.05) is 11.9 Å². The highest BCUT2D eigenvalue weighted by Gasteiger charge is 2.26. The van der Waals surface area contributed by atoms with Gasteiger partial charge in [-0.1, -0.05) is 24.3 Å². The summed E-state index contributed by atoms with van der Waals surface area (Å²) in [6.07, 6.45) is -0.244. The van der Waals surface area contributed by atoms with E-state index in [1.807, 2.05) is 0 Å². The van der Waals surface area contributed by atoms with E-state index in [4.69, 9.17) is 4.74 Å². The Morgan fingerprint density at radius 2 is 1.94 bits per heavy atom. The number of rotatable bonds is 5. The van der Waals surface area contributed by atoms with Crippen molar-refractivity contribution in [2.24, 2.45) is 0 Å². The van der Waals surface area contributed by atoms with Gasteiger partial charge in [-0.2, -0.15) is 0 Å². The van der Waals surface area contributed by atoms with E-state index in [1.54, 1.807) is 28.5 Å². The lowest BCUT2D eigenvalue weighted by atomic mass is 10.1. The van der Waals surface area contributed by atoms with Crippen molar-refractivity contribution in [3.8, 4) is 0 Å². The van der Waals surface area contributed by atoms with Gasteiger partial charge in [-0.05, 0) is 29.8 Å². The number of morpholine rings is 1. The average molecular weight is 443 g/mol. The summed E-state index contributed by atoms with van der Waals surface area (Å²) in [5, 5.41) is 4.54. The number of carbonyl (C=O) groups excluding carboxylic acids is 2. The number of amides is 2. The van der Waals surface area contributed by atoms with Gasteiger partial charge in [0.1, 0.15) is 17.7 Å². The van der Waals surface area contributed by atoms with E-state index in [0.717, 1.165) is 5.56 Å². The molecule has 3 aromatic rings. The van der Waals surface area contributed by atoms with Gasteiger partial charge >= 0.3 is 0 Å². The molecule has 2 aromatic carbocycles. The molecule has 0 saturated carbocycles. The highest BCUT2D eigenvalue weighted by molar-refractivity contribution is 7.14. The van der Waals surface area contributed by atoms with E-state index in [-0.39, 0.29) is 29.8 Å². The van der Waals surface area contributed by atoms with E-state index in [0.29, 0.717) is 30.5 Å². The molecular formula is C22H19F2N3O3S. The lowest BCUT2D eigenvalue weighted by molar-refractivity contribution is -0.138. The molecule has 2 heterocycles. The van der Waals surface area contributed by atoms with Crippen molar-refractivity contribution in [2.75, 3.05) is 25.0 Å². The Labute approximate surface area is 181 Å². The molecule has 0 bridgehead atoms. The van der Waals surface area contributed by atoms with Crippen LogP contribution in [-0.4, -0.2) is 41.4 Å². The molecule has 1 unspecified atom stereocenters. The van der Waals surface area contributed by atoms with Crippen LogP contribution in [0.3, 0.4) is 0 Å². The fourth-order valence-electron chi connectivity index (χ4n) is 3.28. The Hall–Kier alpha value is -3.17. The second-order valence-corrected chi connectivity index (χ2v) is 7.86. The number of aromatic nitrogens is 1. The van der Waals surface area contributed by atoms with Crippen LogP contribution in [0.2, 0.25) is 0 Å². The summed E-state index contributed by atoms with van der Waals surface area (Å²) < 4.78 is 32.6. The van der Waals surface area contributed by atoms with Gasteiger partial charge < -0.3 is 9.64 Å². The van der Waals surface area contributed by atoms with Crippen LogP contribution in [0.15, 0.2) is 53.9 Å². The van der Waals surface area contributed by atoms with Crippen LogP contribution in [0.25, 0.3) is 0 Å². The molecule has 6 nitrogen and oxygen atoms in total. The minimum Gasteiger partial charge on any atom is -0.370 e. The van der Waals surface area contributed by atoms with E-state index in [1.165, 1.54) is 41.7 Å². The summed E-state index contributed by atoms with van der Waals surface area (Å²) in [6, 6.07) is 11.7. The molecule has 1 atom stereocenters. The number of benzene rings is 2. The quantitative estimate of drug-likeness (QED) is 0.651. The Morgan fingerprint density at radius 1 is 1.16 bits per heavy atom. The number of ether oxygens (including phenoxy) is 1. The van der Waals surface area contributed by atoms with Gasteiger partial charge in [-0.3, -0.25) is 14.9 Å². The van der Waals surface area contributed by atoms with Gasteiger partial charge in [0.05, 0.1) is 30.8 Å². The van der Waals surface area contributed by atoms with Crippen molar-refractivity contribution < 1.29 is 23.1 Å². The van der Waals surface area contributed by atoms with Crippen molar-refractivity contribution in [1.29, 1.82) is 0 Å². The zero-order valence-electron chi connectivity index (χ0n) is 16.4. The minimum atomic E-state index is -0.616. The van der Waals surface area contributed by atoms with Crippen LogP contribution in [0.1, 0.15) is 27.7 Å². The van der Waals surface area contributed by atoms with Crippen molar-refractivity contribution >= 4 is 28.3 Å². The van der Waals surface area contributed by atoms with Gasteiger partial charge in [0.2, 0.25) is 5.91 Å². The van der Waals surface area contributed by atoms with Crippen LogP contribution in [0.4, 0.5) is 13.9 Å². The number of nitrogens with zero attached hydrogens (tertiary/aromatic N) is 2. The summed E-state index contributed by atoms with van der Waals surface area (Å²) in [7, 11) is 0. The molecule has 1 aliphatic heterocycles. The topological polar surface area (TPSA) is 71.5 Å². The maximum absolute atomic E-state index is 13.7. The van der Waals surface area contributed by atoms with Crippen molar-refractivity contribution in [1.82, 2.24) is 9.88 Å². The summed E-state index contributed by atoms with van der Waals surface area (Å²) in [5.74, 6) is -1.66. The summed E-state index contributed by atoms with van der Waals surface area (Å²) in [5.41, 5.74) is 1.25. The zero-order chi connectivity index (χ0) is 21.8. The first-order chi connectivity index (χ1) is 15.0. The third kappa shape index (κ3) is 5.12. The highest BCUT2D eigenvalue weighted by Crippen LogP contribution is 2.24. The molecule has 1 aromatic heterocycles. The summed E-state index contributed by atoms with van der Waals surface area (Å²) in [4.78, 5) is 30.9. The molecular weight excluding hydrogens is 424 g/mol. The SMILES string of the molecule is O=C(Nc1nc(CC(=O)N2CCOC(c3ccc(F)cc3)C2)cs1)c1ccccc1F. The molecule has 1 N–H and O–H groups in total. The molecule has 9 heteroatoms. The maximum atomic E-state index is 13.7. The van der Waals surface area contributed by atoms with Gasteiger partial charge in [-0.25, -0.2) is 13.8 Å². The first kappa shape index (κ1) is 21.1. The van der Waals surface area contributed by atoms with Crippen molar-refractivity contribution in [3.63, 3.8) is 0 Å². The first-order valence-electron chi connectivity index (χ1n) is 9.65. The second kappa shape index (κ2) is 9.32. The Balaban J connectivity index is 1.35. The van der Waals surface area contributed by atoms with Crippen molar-refractivity contribution in [2.45, 2.75) is 12.5 Å². The molecule has 1 fully saturated rings. The third-order valence-corrected chi connectivity index (χ3v) is 5.69. The number of anilines is 1. The molecule has 1 aliphatic rings. The number of halogens is 2. The van der Waals surface area contributed by atoms with Gasteiger partial charge in [0.15, 0.2) is 5.13 Å². The molecule has 4 rings (SSSR count). The number of thiazole rings is 1. The fourth-order valence-corrected chi connectivity index (χ4v) is 3.98. The molecule has 0 aliphatic carbocycles. The number of nitrogens with one attached hydrogen (secondary N) is 1. The van der Waals surface area contributed by atoms with Crippen LogP contribution in [0.5, 0.6) is 0 Å². The Kier molecular flexibility index (Phi) is 6.34. The van der Waals surface area contributed by atoms with E-state index in [2.05, 4.69) is 10.3 Å². The van der Waals surface area contributed by atoms with E-state index >= 15 is 0 Å². The maximum Gasteiger partial charge on any atom is 0.260 e. The van der Waals surface area contributed by atoms with Crippen molar-refractivity contribution in [3.05, 3.63) is 82.4 Å². The highest BCUT2D eigenvalue weighted by atomic mass is 32.1. The van der Waals surface area contributed by atoms with Crippen LogP contribution >= 0.6 is 11.3 Å². The van der Waals surface area contributed by atoms with Gasteiger partial charge in [0.25, 0.3) is 5.91 Å². The molecule has 160 valence electrons. The van der Waals surface area contributed by atoms with Crippen LogP contribution in [0, 0.1) is 11.6 Å². The van der Waals surface area contributed by atoms with E-state index < -0.39 is 11.7 Å². The van der Waals surface area contributed by atoms with E-state index in [9.17, 15) is 18.4 Å². The Bertz CT molecular complexity index is 1090. The minimum absolute atomic E-state index is 0.0716. The molecule has 0 radical (unpaired) electrons. The summed E-state index contributed by atoms with van der Waals surface area (Å²) in [6.45, 7) is 1.21. The molecule has 1 saturated heterocycles. The average Bonchev–Trinajstić information content (AvgIpc) is 3.21. The molecule has 2 amide bonds. The predicted octanol–water partition coefficient (Wildman–Crippen LogP) is 3.82.